The normalized spacial score (nSPS) is 11.1. The van der Waals surface area contributed by atoms with Crippen LogP contribution in [0.1, 0.15) is 10.7 Å². The van der Waals surface area contributed by atoms with Gasteiger partial charge in [-0.15, -0.1) is 11.3 Å². The summed E-state index contributed by atoms with van der Waals surface area (Å²) in [4.78, 5) is 7.68. The summed E-state index contributed by atoms with van der Waals surface area (Å²) in [6.07, 6.45) is 0. The van der Waals surface area contributed by atoms with E-state index in [1.54, 1.807) is 18.4 Å². The van der Waals surface area contributed by atoms with Crippen LogP contribution >= 0.6 is 23.6 Å². The lowest BCUT2D eigenvalue weighted by molar-refractivity contribution is 0.415. The number of aromatic nitrogens is 3. The van der Waals surface area contributed by atoms with E-state index in [0.717, 1.165) is 27.5 Å². The molecule has 98 valence electrons. The molecule has 0 saturated heterocycles. The van der Waals surface area contributed by atoms with Crippen molar-refractivity contribution in [3.8, 4) is 5.75 Å². The predicted molar refractivity (Wildman–Crippen MR) is 79.6 cm³/mol. The third-order valence-corrected chi connectivity index (χ3v) is 4.22. The Hall–Kier alpha value is -1.66. The number of aryl methyl sites for hydroxylation is 1. The minimum Gasteiger partial charge on any atom is -0.497 e. The third kappa shape index (κ3) is 2.29. The molecule has 0 aliphatic rings. The number of H-pyrrole nitrogens is 1. The zero-order valence-electron chi connectivity index (χ0n) is 10.6. The van der Waals surface area contributed by atoms with E-state index in [-0.39, 0.29) is 0 Å². The summed E-state index contributed by atoms with van der Waals surface area (Å²) in [6.45, 7) is 2.70. The van der Waals surface area contributed by atoms with Crippen LogP contribution in [0.5, 0.6) is 5.75 Å². The van der Waals surface area contributed by atoms with E-state index < -0.39 is 0 Å². The Morgan fingerprint density at radius 1 is 1.47 bits per heavy atom. The maximum Gasteiger partial charge on any atom is 0.178 e. The number of hydrogen-bond acceptors (Lipinski definition) is 4. The summed E-state index contributed by atoms with van der Waals surface area (Å²) < 4.78 is 7.98. The lowest BCUT2D eigenvalue weighted by Crippen LogP contribution is -1.99. The van der Waals surface area contributed by atoms with Gasteiger partial charge in [0, 0.05) is 17.1 Å². The lowest BCUT2D eigenvalue weighted by atomic mass is 10.3. The number of ether oxygens (including phenoxy) is 1. The van der Waals surface area contributed by atoms with E-state index in [2.05, 4.69) is 19.9 Å². The van der Waals surface area contributed by atoms with Gasteiger partial charge in [0.05, 0.1) is 24.7 Å². The number of thiazole rings is 1. The van der Waals surface area contributed by atoms with Crippen molar-refractivity contribution in [1.29, 1.82) is 0 Å². The SMILES string of the molecule is COc1ccc2c(c1)[nH]c(=S)n2Cc1nc(C)cs1. The molecular formula is C13H13N3OS2. The van der Waals surface area contributed by atoms with Gasteiger partial charge in [-0.1, -0.05) is 0 Å². The average Bonchev–Trinajstić information content (AvgIpc) is 2.94. The fourth-order valence-electron chi connectivity index (χ4n) is 2.04. The van der Waals surface area contributed by atoms with Crippen LogP contribution in [0.15, 0.2) is 23.6 Å². The van der Waals surface area contributed by atoms with E-state index in [4.69, 9.17) is 17.0 Å². The molecule has 19 heavy (non-hydrogen) atoms. The summed E-state index contributed by atoms with van der Waals surface area (Å²) in [6, 6.07) is 5.91. The largest absolute Gasteiger partial charge is 0.497 e. The molecule has 3 rings (SSSR count). The summed E-state index contributed by atoms with van der Waals surface area (Å²) in [5, 5.41) is 3.11. The first-order valence-corrected chi connectivity index (χ1v) is 7.14. The summed E-state index contributed by atoms with van der Waals surface area (Å²) in [5.41, 5.74) is 3.10. The summed E-state index contributed by atoms with van der Waals surface area (Å²) >= 11 is 7.04. The Morgan fingerprint density at radius 2 is 2.32 bits per heavy atom. The third-order valence-electron chi connectivity index (χ3n) is 2.94. The van der Waals surface area contributed by atoms with Crippen molar-refractivity contribution in [2.75, 3.05) is 7.11 Å². The fourth-order valence-corrected chi connectivity index (χ4v) is 3.07. The van der Waals surface area contributed by atoms with Crippen LogP contribution in [0, 0.1) is 11.7 Å². The molecular weight excluding hydrogens is 278 g/mol. The summed E-state index contributed by atoms with van der Waals surface area (Å²) in [7, 11) is 1.66. The number of rotatable bonds is 3. The van der Waals surface area contributed by atoms with Gasteiger partial charge in [0.1, 0.15) is 10.8 Å². The molecule has 2 aromatic heterocycles. The number of hydrogen-bond donors (Lipinski definition) is 1. The Bertz CT molecular complexity index is 785. The standard InChI is InChI=1S/C13H13N3OS2/c1-8-7-19-12(14-8)6-16-11-4-3-9(17-2)5-10(11)15-13(16)18/h3-5,7H,6H2,1-2H3,(H,15,18). The number of nitrogens with zero attached hydrogens (tertiary/aromatic N) is 2. The number of imidazole rings is 1. The van der Waals surface area contributed by atoms with E-state index >= 15 is 0 Å². The van der Waals surface area contributed by atoms with Crippen molar-refractivity contribution < 1.29 is 4.74 Å². The van der Waals surface area contributed by atoms with Gasteiger partial charge in [0.2, 0.25) is 0 Å². The monoisotopic (exact) mass is 291 g/mol. The highest BCUT2D eigenvalue weighted by Crippen LogP contribution is 2.22. The van der Waals surface area contributed by atoms with Crippen LogP contribution in [-0.2, 0) is 6.54 Å². The average molecular weight is 291 g/mol. The quantitative estimate of drug-likeness (QED) is 0.751. The molecule has 4 nitrogen and oxygen atoms in total. The highest BCUT2D eigenvalue weighted by molar-refractivity contribution is 7.71. The van der Waals surface area contributed by atoms with Crippen LogP contribution in [0.2, 0.25) is 0 Å². The molecule has 0 amide bonds. The second kappa shape index (κ2) is 4.79. The maximum absolute atomic E-state index is 5.38. The first-order chi connectivity index (χ1) is 9.17. The minimum atomic E-state index is 0.698. The summed E-state index contributed by atoms with van der Waals surface area (Å²) in [5.74, 6) is 0.820. The molecule has 0 aliphatic heterocycles. The van der Waals surface area contributed by atoms with Crippen molar-refractivity contribution in [3.05, 3.63) is 39.1 Å². The Morgan fingerprint density at radius 3 is 3.00 bits per heavy atom. The van der Waals surface area contributed by atoms with E-state index in [0.29, 0.717) is 11.3 Å². The van der Waals surface area contributed by atoms with Crippen LogP contribution in [0.25, 0.3) is 11.0 Å². The van der Waals surface area contributed by atoms with Gasteiger partial charge in [-0.2, -0.15) is 0 Å². The van der Waals surface area contributed by atoms with E-state index in [1.165, 1.54) is 0 Å². The molecule has 6 heteroatoms. The lowest BCUT2D eigenvalue weighted by Gasteiger charge is -2.03. The zero-order chi connectivity index (χ0) is 13.4. The second-order valence-electron chi connectivity index (χ2n) is 4.28. The van der Waals surface area contributed by atoms with Gasteiger partial charge in [-0.3, -0.25) is 0 Å². The van der Waals surface area contributed by atoms with Crippen molar-refractivity contribution >= 4 is 34.6 Å². The molecule has 0 spiro atoms. The van der Waals surface area contributed by atoms with Crippen molar-refractivity contribution in [1.82, 2.24) is 14.5 Å². The topological polar surface area (TPSA) is 42.8 Å². The number of aromatic amines is 1. The van der Waals surface area contributed by atoms with Crippen molar-refractivity contribution in [2.24, 2.45) is 0 Å². The molecule has 2 heterocycles. The highest BCUT2D eigenvalue weighted by atomic mass is 32.1. The van der Waals surface area contributed by atoms with Gasteiger partial charge < -0.3 is 14.3 Å². The molecule has 0 aliphatic carbocycles. The maximum atomic E-state index is 5.38. The first kappa shape index (κ1) is 12.4. The molecule has 1 aromatic carbocycles. The van der Waals surface area contributed by atoms with Crippen LogP contribution in [-0.4, -0.2) is 21.6 Å². The van der Waals surface area contributed by atoms with Crippen LogP contribution < -0.4 is 4.74 Å². The molecule has 0 radical (unpaired) electrons. The molecule has 3 aromatic rings. The molecule has 0 saturated carbocycles. The molecule has 0 unspecified atom stereocenters. The van der Waals surface area contributed by atoms with Gasteiger partial charge in [0.25, 0.3) is 0 Å². The fraction of sp³-hybridized carbons (Fsp3) is 0.231. The van der Waals surface area contributed by atoms with Crippen LogP contribution in [0.4, 0.5) is 0 Å². The molecule has 0 fully saturated rings. The Balaban J connectivity index is 2.08. The number of nitrogens with one attached hydrogen (secondary N) is 1. The first-order valence-electron chi connectivity index (χ1n) is 5.85. The van der Waals surface area contributed by atoms with Crippen molar-refractivity contribution in [3.63, 3.8) is 0 Å². The van der Waals surface area contributed by atoms with Crippen LogP contribution in [0.3, 0.4) is 0 Å². The predicted octanol–water partition coefficient (Wildman–Crippen LogP) is 3.52. The van der Waals surface area contributed by atoms with Gasteiger partial charge in [-0.05, 0) is 31.3 Å². The Kier molecular flexibility index (Phi) is 3.12. The second-order valence-corrected chi connectivity index (χ2v) is 5.61. The van der Waals surface area contributed by atoms with E-state index in [1.807, 2.05) is 25.1 Å². The number of benzene rings is 1. The smallest absolute Gasteiger partial charge is 0.178 e. The molecule has 0 bridgehead atoms. The van der Waals surface area contributed by atoms with Crippen molar-refractivity contribution in [2.45, 2.75) is 13.5 Å². The minimum absolute atomic E-state index is 0.698. The Labute approximate surface area is 119 Å². The molecule has 0 atom stereocenters. The number of methoxy groups -OCH3 is 1. The number of fused-ring (bicyclic) bond motifs is 1. The van der Waals surface area contributed by atoms with Gasteiger partial charge >= 0.3 is 0 Å². The van der Waals surface area contributed by atoms with E-state index in [9.17, 15) is 0 Å². The molecule has 1 N–H and O–H groups in total. The van der Waals surface area contributed by atoms with Gasteiger partial charge in [0.15, 0.2) is 4.77 Å². The van der Waals surface area contributed by atoms with Gasteiger partial charge in [-0.25, -0.2) is 4.98 Å². The zero-order valence-corrected chi connectivity index (χ0v) is 12.3. The highest BCUT2D eigenvalue weighted by Gasteiger charge is 2.08.